The number of esters is 5. The van der Waals surface area contributed by atoms with Gasteiger partial charge in [-0.2, -0.15) is 0 Å². The van der Waals surface area contributed by atoms with Crippen LogP contribution < -0.4 is 0 Å². The van der Waals surface area contributed by atoms with Crippen molar-refractivity contribution in [1.29, 1.82) is 0 Å². The molecule has 1 saturated carbocycles. The molecule has 15 heteroatoms. The molecule has 0 saturated heterocycles. The fourth-order valence-corrected chi connectivity index (χ4v) is 4.59. The molecule has 0 aromatic carbocycles. The van der Waals surface area contributed by atoms with E-state index in [9.17, 15) is 24.0 Å². The Balaban J connectivity index is -0.000000375. The van der Waals surface area contributed by atoms with Gasteiger partial charge in [0.2, 0.25) is 0 Å². The highest BCUT2D eigenvalue weighted by atomic mass is 16.7. The van der Waals surface area contributed by atoms with Gasteiger partial charge in [-0.05, 0) is 147 Å². The van der Waals surface area contributed by atoms with Gasteiger partial charge in [0.05, 0.1) is 40.3 Å². The van der Waals surface area contributed by atoms with E-state index in [2.05, 4.69) is 11.7 Å². The highest BCUT2D eigenvalue weighted by Gasteiger charge is 2.32. The van der Waals surface area contributed by atoms with E-state index in [0.29, 0.717) is 19.8 Å². The molecular formula is C52H102O15. The summed E-state index contributed by atoms with van der Waals surface area (Å²) in [6.07, 6.45) is 10.3. The van der Waals surface area contributed by atoms with E-state index in [1.807, 2.05) is 118 Å². The summed E-state index contributed by atoms with van der Waals surface area (Å²) in [5.41, 5.74) is -1.73. The van der Waals surface area contributed by atoms with Crippen LogP contribution in [0.15, 0.2) is 0 Å². The van der Waals surface area contributed by atoms with Gasteiger partial charge in [0.1, 0.15) is 0 Å². The molecular weight excluding hydrogens is 865 g/mol. The van der Waals surface area contributed by atoms with Crippen LogP contribution in [0.4, 0.5) is 0 Å². The van der Waals surface area contributed by atoms with Crippen molar-refractivity contribution in [2.45, 2.75) is 222 Å². The third kappa shape index (κ3) is 34.2. The molecule has 0 aromatic rings. The Morgan fingerprint density at radius 2 is 0.836 bits per heavy atom. The second-order valence-corrected chi connectivity index (χ2v) is 20.4. The van der Waals surface area contributed by atoms with Gasteiger partial charge < -0.3 is 47.4 Å². The summed E-state index contributed by atoms with van der Waals surface area (Å²) in [4.78, 5) is 57.1. The fourth-order valence-electron chi connectivity index (χ4n) is 4.59. The van der Waals surface area contributed by atoms with Crippen LogP contribution in [-0.2, 0) is 71.3 Å². The molecule has 0 heterocycles. The summed E-state index contributed by atoms with van der Waals surface area (Å²) < 4.78 is 50.1. The third-order valence-corrected chi connectivity index (χ3v) is 12.2. The molecule has 0 N–H and O–H groups in total. The maximum atomic E-state index is 11.7. The van der Waals surface area contributed by atoms with E-state index < -0.39 is 39.7 Å². The van der Waals surface area contributed by atoms with E-state index >= 15 is 0 Å². The lowest BCUT2D eigenvalue weighted by atomic mass is 9.76. The third-order valence-electron chi connectivity index (χ3n) is 12.2. The standard InChI is InChI=1S/C15H28O3.2C10H20O3.C9H18O3.C8H16O3/c1-5-14(2,3)13(16)18-12-17-11-15(4)9-7-6-8-10-15;1-6-10(4,5)9(11)13-8(3)12-7-2;1-5-7-12-8-13-9(11)10(3,4)6-2;1-6-9(3,4)8(10)12-7(2)11-5;1-5-8(2,3)7(9)11-6-10-4/h5-12H2,1-4H3;8H,6-7H2,1-5H3;5-8H2,1-4H3;7H,6H2,1-5H3;5-6H2,1-4H3. The molecule has 0 spiro atoms. The SMILES string of the molecule is CCC(C)(C)C(=O)OC(C)OC.CCC(C)(C)C(=O)OCOC.CCC(C)(C)C(=O)OCOCC1(C)CCCCC1.CCCOCOC(=O)C(C)(C)CC.CCOC(C)OC(=O)C(C)(C)CC. The van der Waals surface area contributed by atoms with Crippen LogP contribution >= 0.6 is 0 Å². The van der Waals surface area contributed by atoms with Crippen LogP contribution in [0.2, 0.25) is 0 Å². The van der Waals surface area contributed by atoms with Gasteiger partial charge in [-0.15, -0.1) is 0 Å². The molecule has 0 radical (unpaired) electrons. The maximum absolute atomic E-state index is 11.7. The molecule has 0 bridgehead atoms. The van der Waals surface area contributed by atoms with Gasteiger partial charge in [-0.25, -0.2) is 0 Å². The predicted octanol–water partition coefficient (Wildman–Crippen LogP) is 12.1. The lowest BCUT2D eigenvalue weighted by Gasteiger charge is -2.33. The van der Waals surface area contributed by atoms with Crippen molar-refractivity contribution in [2.24, 2.45) is 32.5 Å². The number of ether oxygens (including phenoxy) is 10. The highest BCUT2D eigenvalue weighted by molar-refractivity contribution is 5.77. The molecule has 15 nitrogen and oxygen atoms in total. The normalized spacial score (nSPS) is 14.5. The molecule has 2 atom stereocenters. The first kappa shape index (κ1) is 70.7. The minimum atomic E-state index is -0.455. The number of methoxy groups -OCH3 is 2. The van der Waals surface area contributed by atoms with Gasteiger partial charge in [0.15, 0.2) is 33.0 Å². The number of hydrogen-bond acceptors (Lipinski definition) is 15. The van der Waals surface area contributed by atoms with E-state index in [1.165, 1.54) is 46.3 Å². The summed E-state index contributed by atoms with van der Waals surface area (Å²) in [5.74, 6) is -0.970. The largest absolute Gasteiger partial charge is 0.438 e. The van der Waals surface area contributed by atoms with Crippen LogP contribution in [-0.4, -0.2) is 96.8 Å². The summed E-state index contributed by atoms with van der Waals surface area (Å²) in [6.45, 7) is 40.2. The molecule has 1 fully saturated rings. The number of carbonyl (C=O) groups excluding carboxylic acids is 5. The Bertz CT molecular complexity index is 1320. The monoisotopic (exact) mass is 967 g/mol. The summed E-state index contributed by atoms with van der Waals surface area (Å²) in [7, 11) is 3.00. The van der Waals surface area contributed by atoms with Crippen molar-refractivity contribution in [2.75, 3.05) is 54.4 Å². The topological polar surface area (TPSA) is 178 Å². The van der Waals surface area contributed by atoms with Crippen LogP contribution in [0.5, 0.6) is 0 Å². The van der Waals surface area contributed by atoms with Crippen LogP contribution in [0, 0.1) is 32.5 Å². The summed E-state index contributed by atoms with van der Waals surface area (Å²) in [6, 6.07) is 0. The molecule has 400 valence electrons. The molecule has 2 unspecified atom stereocenters. The van der Waals surface area contributed by atoms with Gasteiger partial charge in [-0.1, -0.05) is 67.7 Å². The zero-order valence-corrected chi connectivity index (χ0v) is 46.8. The minimum absolute atomic E-state index is 0.0439. The quantitative estimate of drug-likeness (QED) is 0.0365. The van der Waals surface area contributed by atoms with E-state index in [4.69, 9.17) is 42.6 Å². The van der Waals surface area contributed by atoms with E-state index in [-0.39, 0.29) is 55.6 Å². The molecule has 1 rings (SSSR count). The van der Waals surface area contributed by atoms with Gasteiger partial charge in [0.25, 0.3) is 0 Å². The van der Waals surface area contributed by atoms with Crippen molar-refractivity contribution >= 4 is 29.8 Å². The molecule has 1 aliphatic rings. The first-order valence-electron chi connectivity index (χ1n) is 24.6. The van der Waals surface area contributed by atoms with Crippen LogP contribution in [0.1, 0.15) is 209 Å². The Kier molecular flexibility index (Phi) is 39.1. The maximum Gasteiger partial charge on any atom is 0.313 e. The lowest BCUT2D eigenvalue weighted by Crippen LogP contribution is -2.30. The Morgan fingerprint density at radius 3 is 1.16 bits per heavy atom. The number of rotatable bonds is 25. The summed E-state index contributed by atoms with van der Waals surface area (Å²) in [5, 5.41) is 0. The molecule has 1 aliphatic carbocycles. The van der Waals surface area contributed by atoms with E-state index in [0.717, 1.165) is 38.5 Å². The zero-order valence-electron chi connectivity index (χ0n) is 46.8. The van der Waals surface area contributed by atoms with Crippen molar-refractivity contribution < 1.29 is 71.3 Å². The first-order valence-corrected chi connectivity index (χ1v) is 24.6. The molecule has 0 aromatic heterocycles. The molecule has 0 aliphatic heterocycles. The Labute approximate surface area is 408 Å². The molecule has 0 amide bonds. The van der Waals surface area contributed by atoms with Crippen LogP contribution in [0.25, 0.3) is 0 Å². The average Bonchev–Trinajstić information content (AvgIpc) is 3.29. The Hall–Kier alpha value is -2.85. The number of hydrogen-bond donors (Lipinski definition) is 0. The number of carbonyl (C=O) groups is 5. The van der Waals surface area contributed by atoms with Gasteiger partial charge >= 0.3 is 29.8 Å². The summed E-state index contributed by atoms with van der Waals surface area (Å²) >= 11 is 0. The van der Waals surface area contributed by atoms with Crippen molar-refractivity contribution in [3.05, 3.63) is 0 Å². The highest BCUT2D eigenvalue weighted by Crippen LogP contribution is 2.36. The Morgan fingerprint density at radius 1 is 0.493 bits per heavy atom. The predicted molar refractivity (Wildman–Crippen MR) is 263 cm³/mol. The van der Waals surface area contributed by atoms with Crippen molar-refractivity contribution in [1.82, 2.24) is 0 Å². The molecule has 67 heavy (non-hydrogen) atoms. The minimum Gasteiger partial charge on any atom is -0.438 e. The van der Waals surface area contributed by atoms with Crippen LogP contribution in [0.3, 0.4) is 0 Å². The first-order chi connectivity index (χ1) is 30.9. The van der Waals surface area contributed by atoms with Gasteiger partial charge in [-0.3, -0.25) is 24.0 Å². The smallest absolute Gasteiger partial charge is 0.313 e. The van der Waals surface area contributed by atoms with Gasteiger partial charge in [0, 0.05) is 20.8 Å². The lowest BCUT2D eigenvalue weighted by molar-refractivity contribution is -0.184. The average molecular weight is 967 g/mol. The zero-order chi connectivity index (χ0) is 53.1. The fraction of sp³-hybridized carbons (Fsp3) is 0.904. The second-order valence-electron chi connectivity index (χ2n) is 20.4. The van der Waals surface area contributed by atoms with E-state index in [1.54, 1.807) is 13.8 Å². The van der Waals surface area contributed by atoms with Crippen molar-refractivity contribution in [3.8, 4) is 0 Å². The second kappa shape index (κ2) is 37.0. The van der Waals surface area contributed by atoms with Crippen molar-refractivity contribution in [3.63, 3.8) is 0 Å².